The third-order valence-corrected chi connectivity index (χ3v) is 3.44. The zero-order valence-corrected chi connectivity index (χ0v) is 9.25. The van der Waals surface area contributed by atoms with Gasteiger partial charge in [0.05, 0.1) is 5.56 Å². The van der Waals surface area contributed by atoms with Crippen LogP contribution in [0.5, 0.6) is 17.2 Å². The number of hydrogen-bond donors (Lipinski definition) is 2. The van der Waals surface area contributed by atoms with Gasteiger partial charge in [0.1, 0.15) is 5.75 Å². The van der Waals surface area contributed by atoms with E-state index in [1.165, 1.54) is 0 Å². The van der Waals surface area contributed by atoms with Crippen LogP contribution < -0.4 is 14.8 Å². The molecular formula is C12H15NO3. The Kier molecular flexibility index (Phi) is 2.01. The van der Waals surface area contributed by atoms with Crippen LogP contribution in [0.25, 0.3) is 0 Å². The van der Waals surface area contributed by atoms with Gasteiger partial charge in [-0.15, -0.1) is 0 Å². The van der Waals surface area contributed by atoms with Crippen LogP contribution in [0, 0.1) is 0 Å². The molecule has 1 saturated heterocycles. The second kappa shape index (κ2) is 3.28. The monoisotopic (exact) mass is 221 g/mol. The van der Waals surface area contributed by atoms with E-state index in [0.717, 1.165) is 30.7 Å². The second-order valence-electron chi connectivity index (χ2n) is 4.56. The van der Waals surface area contributed by atoms with Crippen LogP contribution in [0.4, 0.5) is 0 Å². The summed E-state index contributed by atoms with van der Waals surface area (Å²) in [5.41, 5.74) is 0.628. The van der Waals surface area contributed by atoms with Crippen molar-refractivity contribution in [3.8, 4) is 17.2 Å². The number of phenols is 1. The maximum absolute atomic E-state index is 10.0. The number of hydrogen-bond acceptors (Lipinski definition) is 4. The fourth-order valence-electron chi connectivity index (χ4n) is 2.60. The van der Waals surface area contributed by atoms with Gasteiger partial charge in [0, 0.05) is 5.54 Å². The van der Waals surface area contributed by atoms with E-state index >= 15 is 0 Å². The Hall–Kier alpha value is -1.42. The molecular weight excluding hydrogens is 206 g/mol. The van der Waals surface area contributed by atoms with Gasteiger partial charge >= 0.3 is 0 Å². The van der Waals surface area contributed by atoms with Gasteiger partial charge in [0.15, 0.2) is 11.5 Å². The van der Waals surface area contributed by atoms with E-state index in [1.807, 2.05) is 0 Å². The first-order chi connectivity index (χ1) is 7.71. The summed E-state index contributed by atoms with van der Waals surface area (Å²) in [6.07, 6.45) is 2.11. The molecule has 0 radical (unpaired) electrons. The number of phenolic OH excluding ortho intramolecular Hbond substituents is 1. The molecule has 2 aliphatic heterocycles. The number of aromatic hydroxyl groups is 1. The lowest BCUT2D eigenvalue weighted by Gasteiger charge is -2.26. The highest BCUT2D eigenvalue weighted by Crippen LogP contribution is 2.47. The molecule has 3 rings (SSSR count). The maximum Gasteiger partial charge on any atom is 0.231 e. The summed E-state index contributed by atoms with van der Waals surface area (Å²) in [6.45, 7) is 3.30. The van der Waals surface area contributed by atoms with Crippen molar-refractivity contribution in [3.05, 3.63) is 17.7 Å². The van der Waals surface area contributed by atoms with Crippen LogP contribution in [-0.4, -0.2) is 18.4 Å². The first-order valence-corrected chi connectivity index (χ1v) is 5.58. The van der Waals surface area contributed by atoms with Crippen LogP contribution in [-0.2, 0) is 5.54 Å². The summed E-state index contributed by atoms with van der Waals surface area (Å²) in [4.78, 5) is 0. The van der Waals surface area contributed by atoms with Crippen LogP contribution in [0.1, 0.15) is 25.3 Å². The van der Waals surface area contributed by atoms with Gasteiger partial charge in [0.2, 0.25) is 6.79 Å². The van der Waals surface area contributed by atoms with Crippen LogP contribution in [0.15, 0.2) is 12.1 Å². The molecule has 0 amide bonds. The minimum absolute atomic E-state index is 0.205. The molecule has 0 aromatic heterocycles. The molecule has 0 aliphatic carbocycles. The molecule has 1 atom stereocenters. The Morgan fingerprint density at radius 3 is 3.00 bits per heavy atom. The van der Waals surface area contributed by atoms with Gasteiger partial charge in [-0.1, -0.05) is 0 Å². The van der Waals surface area contributed by atoms with Gasteiger partial charge in [-0.05, 0) is 38.4 Å². The van der Waals surface area contributed by atoms with Gasteiger partial charge in [0.25, 0.3) is 0 Å². The van der Waals surface area contributed by atoms with E-state index < -0.39 is 0 Å². The largest absolute Gasteiger partial charge is 0.507 e. The predicted molar refractivity (Wildman–Crippen MR) is 58.8 cm³/mol. The Morgan fingerprint density at radius 2 is 2.25 bits per heavy atom. The van der Waals surface area contributed by atoms with E-state index in [4.69, 9.17) is 9.47 Å². The van der Waals surface area contributed by atoms with E-state index in [0.29, 0.717) is 5.75 Å². The Bertz CT molecular complexity index is 425. The summed E-state index contributed by atoms with van der Waals surface area (Å²) < 4.78 is 10.8. The number of benzene rings is 1. The van der Waals surface area contributed by atoms with Crippen molar-refractivity contribution in [1.29, 1.82) is 0 Å². The van der Waals surface area contributed by atoms with Crippen LogP contribution >= 0.6 is 0 Å². The molecule has 86 valence electrons. The zero-order valence-electron chi connectivity index (χ0n) is 9.25. The highest BCUT2D eigenvalue weighted by atomic mass is 16.7. The Labute approximate surface area is 94.2 Å². The van der Waals surface area contributed by atoms with Crippen LogP contribution in [0.2, 0.25) is 0 Å². The van der Waals surface area contributed by atoms with Crippen LogP contribution in [0.3, 0.4) is 0 Å². The van der Waals surface area contributed by atoms with E-state index in [1.54, 1.807) is 12.1 Å². The molecule has 1 unspecified atom stereocenters. The maximum atomic E-state index is 10.0. The molecule has 4 nitrogen and oxygen atoms in total. The van der Waals surface area contributed by atoms with Crippen molar-refractivity contribution in [2.24, 2.45) is 0 Å². The highest BCUT2D eigenvalue weighted by molar-refractivity contribution is 5.57. The summed E-state index contributed by atoms with van der Waals surface area (Å²) >= 11 is 0. The van der Waals surface area contributed by atoms with Gasteiger partial charge in [-0.2, -0.15) is 0 Å². The van der Waals surface area contributed by atoms with Crippen molar-refractivity contribution in [2.75, 3.05) is 13.3 Å². The minimum Gasteiger partial charge on any atom is -0.507 e. The number of rotatable bonds is 1. The molecule has 16 heavy (non-hydrogen) atoms. The first kappa shape index (κ1) is 9.78. The standard InChI is InChI=1S/C12H15NO3/c1-12(5-2-6-13-12)10-8(14)3-4-9-11(10)16-7-15-9/h3-4,13-14H,2,5-7H2,1H3. The van der Waals surface area contributed by atoms with Crippen molar-refractivity contribution in [2.45, 2.75) is 25.3 Å². The van der Waals surface area contributed by atoms with Crippen molar-refractivity contribution in [3.63, 3.8) is 0 Å². The lowest BCUT2D eigenvalue weighted by Crippen LogP contribution is -2.33. The number of nitrogens with one attached hydrogen (secondary N) is 1. The fourth-order valence-corrected chi connectivity index (χ4v) is 2.60. The normalized spacial score (nSPS) is 27.3. The third kappa shape index (κ3) is 1.26. The third-order valence-electron chi connectivity index (χ3n) is 3.44. The zero-order chi connectivity index (χ0) is 11.2. The molecule has 2 N–H and O–H groups in total. The predicted octanol–water partition coefficient (Wildman–Crippen LogP) is 1.72. The summed E-state index contributed by atoms with van der Waals surface area (Å²) in [7, 11) is 0. The number of fused-ring (bicyclic) bond motifs is 1. The van der Waals surface area contributed by atoms with Crippen molar-refractivity contribution in [1.82, 2.24) is 5.32 Å². The SMILES string of the molecule is CC1(c2c(O)ccc3c2OCO3)CCCN1. The van der Waals surface area contributed by atoms with Crippen molar-refractivity contribution >= 4 is 0 Å². The fraction of sp³-hybridized carbons (Fsp3) is 0.500. The molecule has 2 aliphatic rings. The second-order valence-corrected chi connectivity index (χ2v) is 4.56. The van der Waals surface area contributed by atoms with Gasteiger partial charge in [-0.3, -0.25) is 0 Å². The lowest BCUT2D eigenvalue weighted by atomic mass is 9.88. The molecule has 1 aromatic rings. The molecule has 4 heteroatoms. The van der Waals surface area contributed by atoms with Crippen molar-refractivity contribution < 1.29 is 14.6 Å². The Balaban J connectivity index is 2.15. The van der Waals surface area contributed by atoms with E-state index in [-0.39, 0.29) is 18.1 Å². The van der Waals surface area contributed by atoms with Gasteiger partial charge < -0.3 is 19.9 Å². The molecule has 2 heterocycles. The molecule has 0 saturated carbocycles. The average molecular weight is 221 g/mol. The smallest absolute Gasteiger partial charge is 0.231 e. The highest BCUT2D eigenvalue weighted by Gasteiger charge is 2.37. The van der Waals surface area contributed by atoms with Gasteiger partial charge in [-0.25, -0.2) is 0 Å². The molecule has 0 spiro atoms. The number of ether oxygens (including phenoxy) is 2. The summed E-state index contributed by atoms with van der Waals surface area (Å²) in [6, 6.07) is 3.42. The minimum atomic E-state index is -0.205. The summed E-state index contributed by atoms with van der Waals surface area (Å²) in [5, 5.41) is 13.4. The molecule has 1 aromatic carbocycles. The van der Waals surface area contributed by atoms with E-state index in [9.17, 15) is 5.11 Å². The first-order valence-electron chi connectivity index (χ1n) is 5.58. The van der Waals surface area contributed by atoms with E-state index in [2.05, 4.69) is 12.2 Å². The topological polar surface area (TPSA) is 50.7 Å². The lowest BCUT2D eigenvalue weighted by molar-refractivity contribution is 0.171. The molecule has 0 bridgehead atoms. The Morgan fingerprint density at radius 1 is 1.38 bits per heavy atom. The summed E-state index contributed by atoms with van der Waals surface area (Å²) in [5.74, 6) is 1.70. The molecule has 1 fully saturated rings. The average Bonchev–Trinajstić information content (AvgIpc) is 2.86. The quantitative estimate of drug-likeness (QED) is 0.758.